The molecule has 1 aromatic carbocycles. The number of carbonyl (C=O) groups is 1. The maximum Gasteiger partial charge on any atom is 0.407 e. The van der Waals surface area contributed by atoms with Crippen molar-refractivity contribution in [3.63, 3.8) is 0 Å². The lowest BCUT2D eigenvalue weighted by Gasteiger charge is -2.21. The second kappa shape index (κ2) is 6.43. The molecule has 1 atom stereocenters. The van der Waals surface area contributed by atoms with Crippen molar-refractivity contribution in [3.8, 4) is 11.1 Å². The first-order valence-electron chi connectivity index (χ1n) is 8.35. The Hall–Kier alpha value is -3.09. The number of nitrogens with one attached hydrogen (secondary N) is 1. The predicted molar refractivity (Wildman–Crippen MR) is 94.7 cm³/mol. The molecule has 4 rings (SSSR count). The van der Waals surface area contributed by atoms with Crippen LogP contribution in [0.1, 0.15) is 12.8 Å². The molecule has 3 heterocycles. The van der Waals surface area contributed by atoms with Gasteiger partial charge in [0.05, 0.1) is 12.2 Å². The fraction of sp³-hybridized carbons (Fsp3) is 0.278. The van der Waals surface area contributed by atoms with Crippen LogP contribution in [0.25, 0.3) is 16.8 Å². The van der Waals surface area contributed by atoms with Gasteiger partial charge in [0.25, 0.3) is 0 Å². The van der Waals surface area contributed by atoms with Gasteiger partial charge >= 0.3 is 6.09 Å². The minimum atomic E-state index is -0.852. The van der Waals surface area contributed by atoms with Crippen LogP contribution in [0.5, 0.6) is 0 Å². The summed E-state index contributed by atoms with van der Waals surface area (Å²) >= 11 is 0. The first kappa shape index (κ1) is 15.4. The number of rotatable bonds is 4. The molecule has 0 radical (unpaired) electrons. The summed E-state index contributed by atoms with van der Waals surface area (Å²) in [5.74, 6) is 0.724. The molecule has 1 unspecified atom stereocenters. The summed E-state index contributed by atoms with van der Waals surface area (Å²) in [7, 11) is 0. The molecule has 1 amide bonds. The number of nitrogens with zero attached hydrogens (tertiary/aromatic N) is 4. The Balaban J connectivity index is 1.56. The van der Waals surface area contributed by atoms with Crippen LogP contribution in [0.4, 0.5) is 10.6 Å². The number of fused-ring (bicyclic) bond motifs is 1. The van der Waals surface area contributed by atoms with E-state index in [0.29, 0.717) is 13.1 Å². The first-order chi connectivity index (χ1) is 12.2. The molecule has 0 bridgehead atoms. The zero-order valence-corrected chi connectivity index (χ0v) is 13.7. The highest BCUT2D eigenvalue weighted by Crippen LogP contribution is 2.24. The van der Waals surface area contributed by atoms with E-state index in [0.717, 1.165) is 35.4 Å². The van der Waals surface area contributed by atoms with E-state index >= 15 is 0 Å². The molecule has 1 aliphatic rings. The van der Waals surface area contributed by atoms with Gasteiger partial charge in [-0.25, -0.2) is 14.3 Å². The number of benzene rings is 1. The average Bonchev–Trinajstić information content (AvgIpc) is 3.27. The Labute approximate surface area is 144 Å². The van der Waals surface area contributed by atoms with E-state index in [1.807, 2.05) is 48.8 Å². The normalized spacial score (nSPS) is 17.1. The predicted octanol–water partition coefficient (Wildman–Crippen LogP) is 2.95. The molecule has 2 aromatic heterocycles. The lowest BCUT2D eigenvalue weighted by Crippen LogP contribution is -2.38. The van der Waals surface area contributed by atoms with Gasteiger partial charge in [0.2, 0.25) is 0 Å². The van der Waals surface area contributed by atoms with Crippen LogP contribution in [0.15, 0.2) is 48.8 Å². The van der Waals surface area contributed by atoms with E-state index in [1.54, 1.807) is 4.52 Å². The molecule has 1 saturated heterocycles. The van der Waals surface area contributed by atoms with Gasteiger partial charge in [0.15, 0.2) is 5.65 Å². The Morgan fingerprint density at radius 3 is 2.92 bits per heavy atom. The maximum absolute atomic E-state index is 11.2. The van der Waals surface area contributed by atoms with Crippen molar-refractivity contribution in [3.05, 3.63) is 48.8 Å². The van der Waals surface area contributed by atoms with Crippen LogP contribution in [-0.4, -0.2) is 49.8 Å². The highest BCUT2D eigenvalue weighted by atomic mass is 16.4. The lowest BCUT2D eigenvalue weighted by atomic mass is 10.1. The van der Waals surface area contributed by atoms with E-state index in [-0.39, 0.29) is 6.04 Å². The molecule has 0 aliphatic carbocycles. The first-order valence-corrected chi connectivity index (χ1v) is 8.35. The number of aromatic nitrogens is 3. The van der Waals surface area contributed by atoms with Crippen LogP contribution in [-0.2, 0) is 0 Å². The monoisotopic (exact) mass is 337 g/mol. The minimum Gasteiger partial charge on any atom is -0.465 e. The molecule has 0 spiro atoms. The fourth-order valence-electron chi connectivity index (χ4n) is 3.31. The lowest BCUT2D eigenvalue weighted by molar-refractivity contribution is 0.142. The number of anilines is 1. The Morgan fingerprint density at radius 1 is 1.28 bits per heavy atom. The molecule has 7 heteroatoms. The van der Waals surface area contributed by atoms with E-state index in [1.165, 1.54) is 4.90 Å². The molecule has 128 valence electrons. The molecular formula is C18H19N5O2. The number of hydrogen-bond acceptors (Lipinski definition) is 4. The summed E-state index contributed by atoms with van der Waals surface area (Å²) in [6.07, 6.45) is 4.61. The molecule has 2 N–H and O–H groups in total. The topological polar surface area (TPSA) is 82.8 Å². The number of hydrogen-bond donors (Lipinski definition) is 2. The molecule has 1 aliphatic heterocycles. The summed E-state index contributed by atoms with van der Waals surface area (Å²) in [6, 6.07) is 11.9. The van der Waals surface area contributed by atoms with Crippen molar-refractivity contribution in [2.45, 2.75) is 18.9 Å². The fourth-order valence-corrected chi connectivity index (χ4v) is 3.31. The summed E-state index contributed by atoms with van der Waals surface area (Å²) < 4.78 is 1.74. The van der Waals surface area contributed by atoms with Crippen molar-refractivity contribution in [1.82, 2.24) is 19.5 Å². The molecule has 1 fully saturated rings. The highest BCUT2D eigenvalue weighted by molar-refractivity contribution is 5.77. The zero-order chi connectivity index (χ0) is 17.2. The molecular weight excluding hydrogens is 318 g/mol. The van der Waals surface area contributed by atoms with Crippen molar-refractivity contribution < 1.29 is 9.90 Å². The van der Waals surface area contributed by atoms with Crippen LogP contribution in [0.2, 0.25) is 0 Å². The van der Waals surface area contributed by atoms with E-state index in [4.69, 9.17) is 0 Å². The number of amides is 1. The summed E-state index contributed by atoms with van der Waals surface area (Å²) in [4.78, 5) is 17.4. The van der Waals surface area contributed by atoms with Crippen LogP contribution in [0.3, 0.4) is 0 Å². The third kappa shape index (κ3) is 3.00. The second-order valence-corrected chi connectivity index (χ2v) is 6.16. The van der Waals surface area contributed by atoms with Crippen molar-refractivity contribution in [1.29, 1.82) is 0 Å². The third-order valence-electron chi connectivity index (χ3n) is 4.60. The highest BCUT2D eigenvalue weighted by Gasteiger charge is 2.28. The molecule has 3 aromatic rings. The standard InChI is InChI=1S/C18H19N5O2/c24-18(25)22-9-4-7-14(22)11-19-16-8-10-23-17(21-16)15(12-20-23)13-5-2-1-3-6-13/h1-3,5-6,8,10,12,14H,4,7,9,11H2,(H,19,21)(H,24,25). The van der Waals surface area contributed by atoms with Gasteiger partial charge in [-0.15, -0.1) is 0 Å². The Morgan fingerprint density at radius 2 is 2.12 bits per heavy atom. The number of likely N-dealkylation sites (tertiary alicyclic amines) is 1. The largest absolute Gasteiger partial charge is 0.465 e. The Bertz CT molecular complexity index is 893. The number of carboxylic acid groups (broad SMARTS) is 1. The molecule has 0 saturated carbocycles. The van der Waals surface area contributed by atoms with Crippen LogP contribution >= 0.6 is 0 Å². The SMILES string of the molecule is O=C(O)N1CCCC1CNc1ccn2ncc(-c3ccccc3)c2n1. The average molecular weight is 337 g/mol. The van der Waals surface area contributed by atoms with Crippen molar-refractivity contribution in [2.24, 2.45) is 0 Å². The van der Waals surface area contributed by atoms with E-state index in [2.05, 4.69) is 15.4 Å². The summed E-state index contributed by atoms with van der Waals surface area (Å²) in [5.41, 5.74) is 2.81. The summed E-state index contributed by atoms with van der Waals surface area (Å²) in [6.45, 7) is 1.17. The Kier molecular flexibility index (Phi) is 3.97. The summed E-state index contributed by atoms with van der Waals surface area (Å²) in [5, 5.41) is 16.9. The van der Waals surface area contributed by atoms with E-state index < -0.39 is 6.09 Å². The van der Waals surface area contributed by atoms with E-state index in [9.17, 15) is 9.90 Å². The minimum absolute atomic E-state index is 0.00553. The smallest absolute Gasteiger partial charge is 0.407 e. The van der Waals surface area contributed by atoms with Gasteiger partial charge in [-0.05, 0) is 24.5 Å². The maximum atomic E-state index is 11.2. The quantitative estimate of drug-likeness (QED) is 0.765. The van der Waals surface area contributed by atoms with Crippen LogP contribution < -0.4 is 5.32 Å². The second-order valence-electron chi connectivity index (χ2n) is 6.16. The molecule has 25 heavy (non-hydrogen) atoms. The van der Waals surface area contributed by atoms with Gasteiger partial charge in [-0.3, -0.25) is 0 Å². The zero-order valence-electron chi connectivity index (χ0n) is 13.7. The van der Waals surface area contributed by atoms with Gasteiger partial charge in [-0.1, -0.05) is 30.3 Å². The van der Waals surface area contributed by atoms with Crippen molar-refractivity contribution in [2.75, 3.05) is 18.4 Å². The third-order valence-corrected chi connectivity index (χ3v) is 4.60. The van der Waals surface area contributed by atoms with Gasteiger partial charge in [0.1, 0.15) is 5.82 Å². The van der Waals surface area contributed by atoms with Gasteiger partial charge < -0.3 is 15.3 Å². The molecule has 7 nitrogen and oxygen atoms in total. The van der Waals surface area contributed by atoms with Gasteiger partial charge in [0, 0.05) is 24.8 Å². The van der Waals surface area contributed by atoms with Gasteiger partial charge in [-0.2, -0.15) is 5.10 Å². The van der Waals surface area contributed by atoms with Crippen LogP contribution in [0, 0.1) is 0 Å². The van der Waals surface area contributed by atoms with Crippen molar-refractivity contribution >= 4 is 17.6 Å².